The average Bonchev–Trinajstić information content (AvgIpc) is 2.77. The fraction of sp³-hybridized carbons (Fsp3) is 0. The highest BCUT2D eigenvalue weighted by atomic mass is 35.7. The van der Waals surface area contributed by atoms with E-state index in [-0.39, 0.29) is 16.3 Å². The molecule has 0 unspecified atom stereocenters. The van der Waals surface area contributed by atoms with Crippen molar-refractivity contribution in [1.29, 1.82) is 0 Å². The Balaban J connectivity index is 2.60. The highest BCUT2D eigenvalue weighted by Gasteiger charge is 2.20. The minimum absolute atomic E-state index is 0.119. The number of aromatic nitrogens is 2. The van der Waals surface area contributed by atoms with Crippen LogP contribution in [0.4, 0.5) is 5.69 Å². The van der Waals surface area contributed by atoms with E-state index in [9.17, 15) is 18.5 Å². The van der Waals surface area contributed by atoms with Gasteiger partial charge in [-0.2, -0.15) is 5.10 Å². The molecule has 0 saturated heterocycles. The van der Waals surface area contributed by atoms with Gasteiger partial charge in [-0.1, -0.05) is 12.1 Å². The molecule has 1 aromatic carbocycles. The van der Waals surface area contributed by atoms with E-state index in [0.29, 0.717) is 5.56 Å². The summed E-state index contributed by atoms with van der Waals surface area (Å²) >= 11 is 0. The fourth-order valence-corrected chi connectivity index (χ4v) is 2.38. The number of nitro benzene ring substituents is 1. The number of nitro groups is 1. The summed E-state index contributed by atoms with van der Waals surface area (Å²) < 4.78 is 22.6. The molecule has 1 aromatic heterocycles. The maximum Gasteiger partial charge on any atom is 0.270 e. The molecule has 1 heterocycles. The van der Waals surface area contributed by atoms with Crippen molar-refractivity contribution >= 4 is 25.4 Å². The van der Waals surface area contributed by atoms with E-state index in [0.717, 1.165) is 6.20 Å². The van der Waals surface area contributed by atoms with E-state index in [4.69, 9.17) is 10.7 Å². The summed E-state index contributed by atoms with van der Waals surface area (Å²) in [5.41, 5.74) is 0.287. The molecule has 1 N–H and O–H groups in total. The van der Waals surface area contributed by atoms with Crippen molar-refractivity contribution in [1.82, 2.24) is 10.2 Å². The molecule has 0 aliphatic heterocycles. The molecule has 0 aliphatic rings. The second-order valence-electron chi connectivity index (χ2n) is 3.35. The zero-order chi connectivity index (χ0) is 13.3. The van der Waals surface area contributed by atoms with Crippen molar-refractivity contribution in [3.8, 4) is 11.3 Å². The van der Waals surface area contributed by atoms with Gasteiger partial charge >= 0.3 is 0 Å². The van der Waals surface area contributed by atoms with Crippen LogP contribution in [0.3, 0.4) is 0 Å². The van der Waals surface area contributed by atoms with Crippen LogP contribution >= 0.6 is 10.7 Å². The predicted molar refractivity (Wildman–Crippen MR) is 63.7 cm³/mol. The standard InChI is InChI=1S/C9H6ClN3O4S/c10-18(16,17)8-5-11-12-9(8)6-2-1-3-7(4-6)13(14)15/h1-5H,(H,11,12). The van der Waals surface area contributed by atoms with E-state index in [1.165, 1.54) is 24.3 Å². The third kappa shape index (κ3) is 2.34. The first-order valence-electron chi connectivity index (χ1n) is 4.62. The molecule has 0 radical (unpaired) electrons. The minimum atomic E-state index is -3.96. The van der Waals surface area contributed by atoms with Gasteiger partial charge in [-0.15, -0.1) is 0 Å². The molecule has 9 heteroatoms. The quantitative estimate of drug-likeness (QED) is 0.527. The van der Waals surface area contributed by atoms with E-state index >= 15 is 0 Å². The second kappa shape index (κ2) is 4.39. The lowest BCUT2D eigenvalue weighted by atomic mass is 10.1. The molecule has 0 saturated carbocycles. The molecule has 0 spiro atoms. The third-order valence-electron chi connectivity index (χ3n) is 2.21. The van der Waals surface area contributed by atoms with Crippen molar-refractivity contribution < 1.29 is 13.3 Å². The molecular formula is C9H6ClN3O4S. The van der Waals surface area contributed by atoms with Crippen LogP contribution in [-0.4, -0.2) is 23.5 Å². The number of nitrogens with zero attached hydrogens (tertiary/aromatic N) is 2. The Kier molecular flexibility index (Phi) is 3.05. The van der Waals surface area contributed by atoms with E-state index in [1.807, 2.05) is 0 Å². The first-order valence-corrected chi connectivity index (χ1v) is 6.93. The van der Waals surface area contributed by atoms with Crippen molar-refractivity contribution in [3.05, 3.63) is 40.6 Å². The minimum Gasteiger partial charge on any atom is -0.276 e. The average molecular weight is 288 g/mol. The monoisotopic (exact) mass is 287 g/mol. The zero-order valence-electron chi connectivity index (χ0n) is 8.70. The Morgan fingerprint density at radius 1 is 1.39 bits per heavy atom. The fourth-order valence-electron chi connectivity index (χ4n) is 1.44. The molecule has 7 nitrogen and oxygen atoms in total. The van der Waals surface area contributed by atoms with Crippen molar-refractivity contribution in [2.75, 3.05) is 0 Å². The Hall–Kier alpha value is -1.93. The van der Waals surface area contributed by atoms with Crippen LogP contribution in [0.2, 0.25) is 0 Å². The van der Waals surface area contributed by atoms with Crippen LogP contribution in [0.1, 0.15) is 0 Å². The van der Waals surface area contributed by atoms with Crippen molar-refractivity contribution in [2.45, 2.75) is 4.90 Å². The first-order chi connectivity index (χ1) is 8.39. The van der Waals surface area contributed by atoms with E-state index < -0.39 is 14.0 Å². The van der Waals surface area contributed by atoms with Gasteiger partial charge in [-0.25, -0.2) is 8.42 Å². The van der Waals surface area contributed by atoms with Crippen LogP contribution < -0.4 is 0 Å². The molecule has 0 aliphatic carbocycles. The molecule has 0 atom stereocenters. The maximum absolute atomic E-state index is 11.3. The highest BCUT2D eigenvalue weighted by Crippen LogP contribution is 2.29. The summed E-state index contributed by atoms with van der Waals surface area (Å²) in [5, 5.41) is 16.7. The van der Waals surface area contributed by atoms with Crippen LogP contribution in [0, 0.1) is 10.1 Å². The lowest BCUT2D eigenvalue weighted by molar-refractivity contribution is -0.384. The molecule has 0 amide bonds. The molecule has 2 rings (SSSR count). The SMILES string of the molecule is O=[N+]([O-])c1cccc(-c2[nH]ncc2S(=O)(=O)Cl)c1. The molecule has 0 bridgehead atoms. The van der Waals surface area contributed by atoms with Gasteiger partial charge in [0.25, 0.3) is 14.7 Å². The number of benzene rings is 1. The van der Waals surface area contributed by atoms with Gasteiger partial charge in [0.15, 0.2) is 0 Å². The van der Waals surface area contributed by atoms with E-state index in [1.54, 1.807) is 0 Å². The van der Waals surface area contributed by atoms with E-state index in [2.05, 4.69) is 10.2 Å². The molecule has 2 aromatic rings. The summed E-state index contributed by atoms with van der Waals surface area (Å²) in [7, 11) is 1.27. The maximum atomic E-state index is 11.3. The molecule has 0 fully saturated rings. The third-order valence-corrected chi connectivity index (χ3v) is 3.55. The van der Waals surface area contributed by atoms with Crippen LogP contribution in [0.15, 0.2) is 35.4 Å². The van der Waals surface area contributed by atoms with Crippen LogP contribution in [-0.2, 0) is 9.05 Å². The number of nitrogens with one attached hydrogen (secondary N) is 1. The Labute approximate surface area is 106 Å². The van der Waals surface area contributed by atoms with Crippen molar-refractivity contribution in [3.63, 3.8) is 0 Å². The Morgan fingerprint density at radius 2 is 2.11 bits per heavy atom. The second-order valence-corrected chi connectivity index (χ2v) is 5.89. The van der Waals surface area contributed by atoms with Gasteiger partial charge in [0.05, 0.1) is 16.8 Å². The van der Waals surface area contributed by atoms with Gasteiger partial charge in [0, 0.05) is 28.4 Å². The summed E-state index contributed by atoms with van der Waals surface area (Å²) in [5.74, 6) is 0. The molecule has 18 heavy (non-hydrogen) atoms. The number of hydrogen-bond acceptors (Lipinski definition) is 5. The number of rotatable bonds is 3. The number of non-ortho nitro benzene ring substituents is 1. The first kappa shape index (κ1) is 12.5. The lowest BCUT2D eigenvalue weighted by Crippen LogP contribution is -1.93. The number of halogens is 1. The van der Waals surface area contributed by atoms with Gasteiger partial charge in [0.2, 0.25) is 0 Å². The summed E-state index contributed by atoms with van der Waals surface area (Å²) in [6, 6.07) is 5.50. The van der Waals surface area contributed by atoms with Gasteiger partial charge in [-0.05, 0) is 0 Å². The van der Waals surface area contributed by atoms with Crippen LogP contribution in [0.25, 0.3) is 11.3 Å². The summed E-state index contributed by atoms with van der Waals surface area (Å²) in [4.78, 5) is 9.85. The topological polar surface area (TPSA) is 106 Å². The Morgan fingerprint density at radius 3 is 2.72 bits per heavy atom. The number of H-pyrrole nitrogens is 1. The highest BCUT2D eigenvalue weighted by molar-refractivity contribution is 8.13. The normalized spacial score (nSPS) is 11.4. The molecular weight excluding hydrogens is 282 g/mol. The lowest BCUT2D eigenvalue weighted by Gasteiger charge is -2.00. The summed E-state index contributed by atoms with van der Waals surface area (Å²) in [6.45, 7) is 0. The smallest absolute Gasteiger partial charge is 0.270 e. The molecule has 94 valence electrons. The number of aromatic amines is 1. The Bertz CT molecular complexity index is 710. The van der Waals surface area contributed by atoms with Gasteiger partial charge in [-0.3, -0.25) is 15.2 Å². The van der Waals surface area contributed by atoms with Crippen molar-refractivity contribution in [2.24, 2.45) is 0 Å². The van der Waals surface area contributed by atoms with Gasteiger partial charge in [0.1, 0.15) is 4.90 Å². The number of hydrogen-bond donors (Lipinski definition) is 1. The largest absolute Gasteiger partial charge is 0.276 e. The van der Waals surface area contributed by atoms with Gasteiger partial charge < -0.3 is 0 Å². The zero-order valence-corrected chi connectivity index (χ0v) is 10.3. The van der Waals surface area contributed by atoms with Crippen LogP contribution in [0.5, 0.6) is 0 Å². The predicted octanol–water partition coefficient (Wildman–Crippen LogP) is 1.91. The summed E-state index contributed by atoms with van der Waals surface area (Å²) in [6.07, 6.45) is 1.05.